The summed E-state index contributed by atoms with van der Waals surface area (Å²) in [6.07, 6.45) is 3.43. The minimum absolute atomic E-state index is 0.264. The normalized spacial score (nSPS) is 16.6. The fraction of sp³-hybridized carbons (Fsp3) is 0.382. The molecule has 252 valence electrons. The van der Waals surface area contributed by atoms with Crippen molar-refractivity contribution in [2.45, 2.75) is 32.4 Å². The van der Waals surface area contributed by atoms with Gasteiger partial charge in [0.05, 0.1) is 52.5 Å². The average molecular weight is 697 g/mol. The first-order chi connectivity index (χ1) is 23.2. The Labute approximate surface area is 287 Å². The maximum Gasteiger partial charge on any atom is 0.307 e. The fourth-order valence-electron chi connectivity index (χ4n) is 6.41. The Morgan fingerprint density at radius 3 is 2.67 bits per heavy atom. The smallest absolute Gasteiger partial charge is 0.307 e. The van der Waals surface area contributed by atoms with Crippen LogP contribution < -0.4 is 10.1 Å². The highest BCUT2D eigenvalue weighted by atomic mass is 35.5. The molecule has 2 N–H and O–H groups in total. The van der Waals surface area contributed by atoms with Gasteiger partial charge in [-0.25, -0.2) is 9.97 Å². The molecule has 4 aromatic rings. The number of nitrogens with zero attached hydrogens (tertiary/aromatic N) is 6. The van der Waals surface area contributed by atoms with E-state index in [0.717, 1.165) is 29.9 Å². The number of aromatic nitrogens is 4. The first-order valence-electron chi connectivity index (χ1n) is 15.8. The van der Waals surface area contributed by atoms with Crippen molar-refractivity contribution in [1.29, 1.82) is 0 Å². The van der Waals surface area contributed by atoms with E-state index in [1.54, 1.807) is 42.1 Å². The van der Waals surface area contributed by atoms with Gasteiger partial charge in [-0.3, -0.25) is 28.8 Å². The van der Waals surface area contributed by atoms with Crippen molar-refractivity contribution in [3.8, 4) is 28.4 Å². The minimum Gasteiger partial charge on any atom is -0.481 e. The SMILES string of the molecule is COc1nc(-c2ccnc(-c3cccc(NC(=O)c4nc5c(n4C)CCN(CCCF)C5)c3Cl)c2Cl)ccc1CN1CC[C@@H](C(=O)O)C1. The highest BCUT2D eigenvalue weighted by Gasteiger charge is 2.29. The molecule has 1 aromatic carbocycles. The number of imidazole rings is 1. The molecule has 0 saturated carbocycles. The van der Waals surface area contributed by atoms with Crippen LogP contribution in [0.2, 0.25) is 10.0 Å². The summed E-state index contributed by atoms with van der Waals surface area (Å²) in [7, 11) is 3.37. The average Bonchev–Trinajstić information content (AvgIpc) is 3.69. The number of rotatable bonds is 11. The van der Waals surface area contributed by atoms with Crippen LogP contribution in [0.3, 0.4) is 0 Å². The monoisotopic (exact) mass is 695 g/mol. The maximum absolute atomic E-state index is 13.4. The second-order valence-corrected chi connectivity index (χ2v) is 12.8. The zero-order chi connectivity index (χ0) is 33.9. The van der Waals surface area contributed by atoms with Gasteiger partial charge in [-0.1, -0.05) is 41.4 Å². The molecule has 11 nitrogen and oxygen atoms in total. The number of aliphatic carboxylic acids is 1. The van der Waals surface area contributed by atoms with Crippen LogP contribution in [0.15, 0.2) is 42.6 Å². The molecule has 14 heteroatoms. The van der Waals surface area contributed by atoms with Crippen LogP contribution in [0.25, 0.3) is 22.5 Å². The second kappa shape index (κ2) is 14.6. The number of methoxy groups -OCH3 is 1. The number of hydrogen-bond donors (Lipinski definition) is 2. The summed E-state index contributed by atoms with van der Waals surface area (Å²) in [5.41, 5.74) is 5.15. The Balaban J connectivity index is 1.22. The van der Waals surface area contributed by atoms with Crippen LogP contribution in [-0.2, 0) is 31.4 Å². The van der Waals surface area contributed by atoms with E-state index in [2.05, 4.69) is 25.1 Å². The van der Waals surface area contributed by atoms with Crippen molar-refractivity contribution in [1.82, 2.24) is 29.3 Å². The molecule has 0 spiro atoms. The molecule has 1 atom stereocenters. The van der Waals surface area contributed by atoms with Crippen molar-refractivity contribution < 1.29 is 23.8 Å². The number of carboxylic acids is 1. The summed E-state index contributed by atoms with van der Waals surface area (Å²) in [5, 5.41) is 12.8. The zero-order valence-electron chi connectivity index (χ0n) is 26.7. The van der Waals surface area contributed by atoms with Crippen LogP contribution in [0.1, 0.15) is 40.4 Å². The minimum atomic E-state index is -0.778. The molecule has 0 bridgehead atoms. The van der Waals surface area contributed by atoms with Crippen LogP contribution >= 0.6 is 23.2 Å². The van der Waals surface area contributed by atoms with Crippen molar-refractivity contribution in [3.63, 3.8) is 0 Å². The number of ether oxygens (including phenoxy) is 1. The number of carboxylic acid groups (broad SMARTS) is 1. The van der Waals surface area contributed by atoms with E-state index in [1.165, 1.54) is 0 Å². The summed E-state index contributed by atoms with van der Waals surface area (Å²) >= 11 is 13.8. The lowest BCUT2D eigenvalue weighted by molar-refractivity contribution is -0.141. The number of fused-ring (bicyclic) bond motifs is 1. The summed E-state index contributed by atoms with van der Waals surface area (Å²) < 4.78 is 20.1. The number of carbonyl (C=O) groups is 2. The molecule has 2 aliphatic rings. The first-order valence-corrected chi connectivity index (χ1v) is 16.5. The Morgan fingerprint density at radius 2 is 1.92 bits per heavy atom. The van der Waals surface area contributed by atoms with Gasteiger partial charge in [-0.05, 0) is 37.6 Å². The summed E-state index contributed by atoms with van der Waals surface area (Å²) in [6, 6.07) is 10.8. The number of halogens is 3. The predicted molar refractivity (Wildman–Crippen MR) is 181 cm³/mol. The quantitative estimate of drug-likeness (QED) is 0.202. The number of likely N-dealkylation sites (tertiary alicyclic amines) is 1. The number of benzene rings is 1. The predicted octanol–water partition coefficient (Wildman–Crippen LogP) is 5.74. The van der Waals surface area contributed by atoms with E-state index in [0.29, 0.717) is 84.7 Å². The van der Waals surface area contributed by atoms with Gasteiger partial charge in [0.25, 0.3) is 5.91 Å². The molecule has 1 fully saturated rings. The number of nitrogens with one attached hydrogen (secondary N) is 1. The van der Waals surface area contributed by atoms with Crippen LogP contribution in [-0.4, -0.2) is 86.3 Å². The Kier molecular flexibility index (Phi) is 10.3. The van der Waals surface area contributed by atoms with Crippen molar-refractivity contribution >= 4 is 40.8 Å². The van der Waals surface area contributed by atoms with Crippen LogP contribution in [0, 0.1) is 5.92 Å². The third kappa shape index (κ3) is 6.88. The van der Waals surface area contributed by atoms with Crippen molar-refractivity contribution in [2.24, 2.45) is 13.0 Å². The summed E-state index contributed by atoms with van der Waals surface area (Å²) in [4.78, 5) is 42.9. The van der Waals surface area contributed by atoms with Gasteiger partial charge in [-0.15, -0.1) is 0 Å². The van der Waals surface area contributed by atoms with Crippen molar-refractivity contribution in [2.75, 3.05) is 45.3 Å². The van der Waals surface area contributed by atoms with E-state index in [1.807, 2.05) is 19.2 Å². The summed E-state index contributed by atoms with van der Waals surface area (Å²) in [6.45, 7) is 3.33. The number of amides is 1. The number of pyridine rings is 2. The van der Waals surface area contributed by atoms with Crippen LogP contribution in [0.5, 0.6) is 5.88 Å². The summed E-state index contributed by atoms with van der Waals surface area (Å²) in [5.74, 6) is -0.867. The molecule has 48 heavy (non-hydrogen) atoms. The van der Waals surface area contributed by atoms with E-state index >= 15 is 0 Å². The molecule has 2 aliphatic heterocycles. The number of anilines is 1. The lowest BCUT2D eigenvalue weighted by Gasteiger charge is -2.26. The number of hydrogen-bond acceptors (Lipinski definition) is 8. The Morgan fingerprint density at radius 1 is 1.08 bits per heavy atom. The highest BCUT2D eigenvalue weighted by Crippen LogP contribution is 2.40. The van der Waals surface area contributed by atoms with Gasteiger partial charge in [0.1, 0.15) is 0 Å². The second-order valence-electron chi connectivity index (χ2n) is 12.0. The molecule has 0 radical (unpaired) electrons. The van der Waals surface area contributed by atoms with E-state index in [-0.39, 0.29) is 23.4 Å². The number of carbonyl (C=O) groups excluding carboxylic acids is 1. The largest absolute Gasteiger partial charge is 0.481 e. The molecule has 3 aromatic heterocycles. The molecular formula is C34H36Cl2FN7O4. The first kappa shape index (κ1) is 33.8. The lowest BCUT2D eigenvalue weighted by atomic mass is 10.1. The highest BCUT2D eigenvalue weighted by molar-refractivity contribution is 6.39. The molecule has 5 heterocycles. The molecular weight excluding hydrogens is 660 g/mol. The molecule has 6 rings (SSSR count). The standard InChI is InChI=1S/C34H36Cl2FN7O4/c1-42-27-11-16-43(14-4-12-37)19-26(27)39-31(42)32(45)40-25-6-3-5-23(28(25)35)30-29(36)22(9-13-38-30)24-8-7-20(33(41-24)48-2)17-44-15-10-21(18-44)34(46)47/h3,5-9,13,21H,4,10-12,14-19H2,1-2H3,(H,40,45)(H,46,47)/t21-/m1/s1. The van der Waals surface area contributed by atoms with E-state index < -0.39 is 11.9 Å². The van der Waals surface area contributed by atoms with Gasteiger partial charge in [0.15, 0.2) is 5.82 Å². The topological polar surface area (TPSA) is 126 Å². The van der Waals surface area contributed by atoms with Gasteiger partial charge < -0.3 is 19.7 Å². The van der Waals surface area contributed by atoms with Gasteiger partial charge in [0, 0.05) is 74.8 Å². The number of alkyl halides is 1. The van der Waals surface area contributed by atoms with Crippen LogP contribution in [0.4, 0.5) is 10.1 Å². The third-order valence-electron chi connectivity index (χ3n) is 8.96. The third-order valence-corrected chi connectivity index (χ3v) is 9.75. The zero-order valence-corrected chi connectivity index (χ0v) is 28.2. The van der Waals surface area contributed by atoms with Gasteiger partial charge in [0.2, 0.25) is 5.88 Å². The van der Waals surface area contributed by atoms with E-state index in [4.69, 9.17) is 32.9 Å². The lowest BCUT2D eigenvalue weighted by Crippen LogP contribution is -2.32. The molecule has 0 unspecified atom stereocenters. The fourth-order valence-corrected chi connectivity index (χ4v) is 6.99. The van der Waals surface area contributed by atoms with Crippen molar-refractivity contribution in [3.05, 3.63) is 75.4 Å². The van der Waals surface area contributed by atoms with Gasteiger partial charge >= 0.3 is 5.97 Å². The molecule has 0 aliphatic carbocycles. The van der Waals surface area contributed by atoms with Gasteiger partial charge in [-0.2, -0.15) is 0 Å². The molecule has 1 saturated heterocycles. The Hall–Kier alpha value is -4.10. The maximum atomic E-state index is 13.4. The molecule has 1 amide bonds. The van der Waals surface area contributed by atoms with E-state index in [9.17, 15) is 19.1 Å². The Bertz CT molecular complexity index is 1850.